The largest absolute Gasteiger partial charge is 0.0683 e. The van der Waals surface area contributed by atoms with E-state index in [1.165, 1.54) is 22.3 Å². The van der Waals surface area contributed by atoms with Crippen molar-refractivity contribution in [1.29, 1.82) is 0 Å². The summed E-state index contributed by atoms with van der Waals surface area (Å²) in [5, 5.41) is 0. The quantitative estimate of drug-likeness (QED) is 0.489. The molecule has 2 aromatic rings. The lowest BCUT2D eigenvalue weighted by Gasteiger charge is -2.02. The highest BCUT2D eigenvalue weighted by Gasteiger charge is 1.94. The number of benzene rings is 2. The zero-order valence-electron chi connectivity index (χ0n) is 21.4. The summed E-state index contributed by atoms with van der Waals surface area (Å²) in [7, 11) is 0. The van der Waals surface area contributed by atoms with Crippen LogP contribution in [0.5, 0.6) is 0 Å². The van der Waals surface area contributed by atoms with Crippen LogP contribution in [0.15, 0.2) is 48.5 Å². The second-order valence-electron chi connectivity index (χ2n) is 5.00. The summed E-state index contributed by atoms with van der Waals surface area (Å²) in [6.45, 7) is 24.8. The van der Waals surface area contributed by atoms with E-state index in [2.05, 4.69) is 76.2 Å². The first-order valence-corrected chi connectivity index (χ1v) is 11.9. The van der Waals surface area contributed by atoms with E-state index in [-0.39, 0.29) is 0 Å². The summed E-state index contributed by atoms with van der Waals surface area (Å²) in [4.78, 5) is 0. The first-order valence-electron chi connectivity index (χ1n) is 11.9. The highest BCUT2D eigenvalue weighted by atomic mass is 14.0. The standard InChI is InChI=1S/2C10H14.4C2H6/c1-3-9-6-5-7-10(4-2)8-9;1-3-9-7-5-6-8-10(9)4-2;4*1-2/h2*5-8H,3-4H2,1-2H3;4*1-2H3. The van der Waals surface area contributed by atoms with Crippen LogP contribution in [0.1, 0.15) is 105 Å². The van der Waals surface area contributed by atoms with Crippen molar-refractivity contribution >= 4 is 0 Å². The van der Waals surface area contributed by atoms with Crippen molar-refractivity contribution in [1.82, 2.24) is 0 Å². The monoisotopic (exact) mass is 388 g/mol. The molecule has 0 saturated heterocycles. The average molecular weight is 389 g/mol. The van der Waals surface area contributed by atoms with E-state index in [4.69, 9.17) is 0 Å². The van der Waals surface area contributed by atoms with Crippen LogP contribution >= 0.6 is 0 Å². The lowest BCUT2D eigenvalue weighted by atomic mass is 10.0. The van der Waals surface area contributed by atoms with E-state index < -0.39 is 0 Å². The second-order valence-corrected chi connectivity index (χ2v) is 5.00. The van der Waals surface area contributed by atoms with Gasteiger partial charge in [0.2, 0.25) is 0 Å². The molecule has 0 bridgehead atoms. The maximum absolute atomic E-state index is 2.28. The van der Waals surface area contributed by atoms with Gasteiger partial charge in [0.05, 0.1) is 0 Å². The molecule has 0 amide bonds. The van der Waals surface area contributed by atoms with Crippen LogP contribution in [0.25, 0.3) is 0 Å². The SMILES string of the molecule is CC.CC.CC.CC.CCc1cccc(CC)c1.CCc1ccccc1CC. The highest BCUT2D eigenvalue weighted by Crippen LogP contribution is 2.09. The van der Waals surface area contributed by atoms with Crippen molar-refractivity contribution in [2.24, 2.45) is 0 Å². The third kappa shape index (κ3) is 17.8. The van der Waals surface area contributed by atoms with Crippen molar-refractivity contribution in [3.8, 4) is 0 Å². The topological polar surface area (TPSA) is 0 Å². The van der Waals surface area contributed by atoms with Gasteiger partial charge in [-0.3, -0.25) is 0 Å². The minimum Gasteiger partial charge on any atom is -0.0683 e. The fraction of sp³-hybridized carbons (Fsp3) is 0.571. The summed E-state index contributed by atoms with van der Waals surface area (Å²) in [6.07, 6.45) is 4.61. The molecule has 0 unspecified atom stereocenters. The Bertz CT molecular complexity index is 455. The van der Waals surface area contributed by atoms with E-state index in [0.29, 0.717) is 0 Å². The van der Waals surface area contributed by atoms with E-state index in [9.17, 15) is 0 Å². The van der Waals surface area contributed by atoms with Gasteiger partial charge in [-0.1, -0.05) is 132 Å². The first kappa shape index (κ1) is 34.0. The Morgan fingerprint density at radius 2 is 0.750 bits per heavy atom. The van der Waals surface area contributed by atoms with Crippen molar-refractivity contribution in [2.75, 3.05) is 0 Å². The van der Waals surface area contributed by atoms with Gasteiger partial charge in [-0.15, -0.1) is 0 Å². The van der Waals surface area contributed by atoms with Crippen molar-refractivity contribution in [3.05, 3.63) is 70.8 Å². The number of hydrogen-bond donors (Lipinski definition) is 0. The Labute approximate surface area is 179 Å². The summed E-state index contributed by atoms with van der Waals surface area (Å²) in [5.74, 6) is 0. The van der Waals surface area contributed by atoms with Gasteiger partial charge in [-0.25, -0.2) is 0 Å². The molecule has 0 aromatic heterocycles. The zero-order chi connectivity index (χ0) is 22.8. The fourth-order valence-corrected chi connectivity index (χ4v) is 2.32. The molecule has 164 valence electrons. The predicted octanol–water partition coefficient (Wildman–Crippen LogP) is 9.73. The summed E-state index contributed by atoms with van der Waals surface area (Å²) in [5.41, 5.74) is 5.87. The number of rotatable bonds is 4. The van der Waals surface area contributed by atoms with E-state index >= 15 is 0 Å². The third-order valence-electron chi connectivity index (χ3n) is 3.69. The number of hydrogen-bond acceptors (Lipinski definition) is 0. The van der Waals surface area contributed by atoms with Gasteiger partial charge >= 0.3 is 0 Å². The van der Waals surface area contributed by atoms with E-state index in [0.717, 1.165) is 25.7 Å². The fourth-order valence-electron chi connectivity index (χ4n) is 2.32. The van der Waals surface area contributed by atoms with E-state index in [1.807, 2.05) is 55.4 Å². The van der Waals surface area contributed by atoms with Gasteiger partial charge in [0.15, 0.2) is 0 Å². The van der Waals surface area contributed by atoms with E-state index in [1.54, 1.807) is 0 Å². The second kappa shape index (κ2) is 30.2. The predicted molar refractivity (Wildman–Crippen MR) is 136 cm³/mol. The molecular formula is C28H52. The molecule has 0 atom stereocenters. The molecule has 0 heteroatoms. The molecule has 0 heterocycles. The Kier molecular flexibility index (Phi) is 36.6. The van der Waals surface area contributed by atoms with Crippen LogP contribution in [-0.2, 0) is 25.7 Å². The van der Waals surface area contributed by atoms with Crippen LogP contribution in [-0.4, -0.2) is 0 Å². The summed E-state index contributed by atoms with van der Waals surface area (Å²) in [6, 6.07) is 17.4. The van der Waals surface area contributed by atoms with Crippen LogP contribution in [0.3, 0.4) is 0 Å². The minimum absolute atomic E-state index is 1.15. The Morgan fingerprint density at radius 3 is 1.00 bits per heavy atom. The normalized spacial score (nSPS) is 7.86. The number of aryl methyl sites for hydroxylation is 4. The molecule has 2 aromatic carbocycles. The highest BCUT2D eigenvalue weighted by molar-refractivity contribution is 5.26. The molecule has 28 heavy (non-hydrogen) atoms. The van der Waals surface area contributed by atoms with Gasteiger partial charge in [-0.2, -0.15) is 0 Å². The molecule has 0 fully saturated rings. The van der Waals surface area contributed by atoms with Gasteiger partial charge < -0.3 is 0 Å². The van der Waals surface area contributed by atoms with Crippen molar-refractivity contribution < 1.29 is 0 Å². The molecule has 0 N–H and O–H groups in total. The molecule has 0 spiro atoms. The molecule has 0 saturated carbocycles. The lowest BCUT2D eigenvalue weighted by molar-refractivity contribution is 1.04. The molecular weight excluding hydrogens is 336 g/mol. The van der Waals surface area contributed by atoms with Crippen LogP contribution < -0.4 is 0 Å². The smallest absolute Gasteiger partial charge is 0.0305 e. The molecule has 2 rings (SSSR count). The maximum Gasteiger partial charge on any atom is -0.0305 e. The molecule has 0 aliphatic heterocycles. The summed E-state index contributed by atoms with van der Waals surface area (Å²) >= 11 is 0. The Balaban J connectivity index is -0.000000152. The molecule has 0 aliphatic carbocycles. The third-order valence-corrected chi connectivity index (χ3v) is 3.69. The van der Waals surface area contributed by atoms with Gasteiger partial charge in [0, 0.05) is 0 Å². The van der Waals surface area contributed by atoms with Gasteiger partial charge in [0.25, 0.3) is 0 Å². The van der Waals surface area contributed by atoms with Gasteiger partial charge in [0.1, 0.15) is 0 Å². The molecule has 0 radical (unpaired) electrons. The average Bonchev–Trinajstić information content (AvgIpc) is 2.84. The Hall–Kier alpha value is -1.56. The first-order chi connectivity index (χ1) is 13.7. The van der Waals surface area contributed by atoms with Gasteiger partial charge in [-0.05, 0) is 47.9 Å². The molecule has 0 nitrogen and oxygen atoms in total. The zero-order valence-corrected chi connectivity index (χ0v) is 21.4. The Morgan fingerprint density at radius 1 is 0.429 bits per heavy atom. The lowest BCUT2D eigenvalue weighted by Crippen LogP contribution is -1.88. The molecule has 0 aliphatic rings. The van der Waals surface area contributed by atoms with Crippen molar-refractivity contribution in [3.63, 3.8) is 0 Å². The van der Waals surface area contributed by atoms with Crippen molar-refractivity contribution in [2.45, 2.75) is 109 Å². The maximum atomic E-state index is 2.28. The summed E-state index contributed by atoms with van der Waals surface area (Å²) < 4.78 is 0. The van der Waals surface area contributed by atoms with Crippen LogP contribution in [0.2, 0.25) is 0 Å². The van der Waals surface area contributed by atoms with Crippen LogP contribution in [0.4, 0.5) is 0 Å². The minimum atomic E-state index is 1.15. The van der Waals surface area contributed by atoms with Crippen LogP contribution in [0, 0.1) is 0 Å².